The Hall–Kier alpha value is -2.89. The molecular weight excluding hydrogens is 348 g/mol. The van der Waals surface area contributed by atoms with E-state index in [1.807, 2.05) is 19.9 Å². The first-order valence-corrected chi connectivity index (χ1v) is 10.0. The number of nitrogens with zero attached hydrogens (tertiary/aromatic N) is 5. The molecule has 0 unspecified atom stereocenters. The van der Waals surface area contributed by atoms with Crippen molar-refractivity contribution < 1.29 is 0 Å². The molecule has 28 heavy (non-hydrogen) atoms. The number of hydrogen-bond acceptors (Lipinski definition) is 6. The Morgan fingerprint density at radius 2 is 1.64 bits per heavy atom. The summed E-state index contributed by atoms with van der Waals surface area (Å²) in [5, 5.41) is 11.4. The first-order valence-electron chi connectivity index (χ1n) is 10.0. The van der Waals surface area contributed by atoms with Crippen molar-refractivity contribution in [3.8, 4) is 11.3 Å². The van der Waals surface area contributed by atoms with Crippen LogP contribution < -0.4 is 5.32 Å². The van der Waals surface area contributed by atoms with Gasteiger partial charge in [0.1, 0.15) is 5.82 Å². The number of aryl methyl sites for hydroxylation is 2. The molecular formula is C22H26N6. The molecule has 1 aromatic carbocycles. The van der Waals surface area contributed by atoms with Gasteiger partial charge in [0.2, 0.25) is 5.95 Å². The highest BCUT2D eigenvalue weighted by Crippen LogP contribution is 2.33. The number of aromatic nitrogens is 5. The van der Waals surface area contributed by atoms with E-state index in [-0.39, 0.29) is 0 Å². The minimum atomic E-state index is 0.467. The van der Waals surface area contributed by atoms with Crippen LogP contribution in [0.15, 0.2) is 36.5 Å². The first-order chi connectivity index (χ1) is 13.7. The molecule has 2 heterocycles. The fraction of sp³-hybridized carbons (Fsp3) is 0.409. The second-order valence-corrected chi connectivity index (χ2v) is 7.54. The van der Waals surface area contributed by atoms with Crippen molar-refractivity contribution in [3.05, 3.63) is 59.3 Å². The predicted molar refractivity (Wildman–Crippen MR) is 110 cm³/mol. The second-order valence-electron chi connectivity index (χ2n) is 7.54. The van der Waals surface area contributed by atoms with Gasteiger partial charge in [0.05, 0.1) is 18.4 Å². The van der Waals surface area contributed by atoms with Crippen molar-refractivity contribution in [2.75, 3.05) is 5.32 Å². The monoisotopic (exact) mass is 374 g/mol. The third-order valence-electron chi connectivity index (χ3n) is 5.28. The Morgan fingerprint density at radius 1 is 0.929 bits per heavy atom. The van der Waals surface area contributed by atoms with Gasteiger partial charge in [0.25, 0.3) is 0 Å². The lowest BCUT2D eigenvalue weighted by Crippen LogP contribution is -2.09. The van der Waals surface area contributed by atoms with Gasteiger partial charge in [-0.05, 0) is 44.2 Å². The van der Waals surface area contributed by atoms with E-state index in [0.717, 1.165) is 28.5 Å². The van der Waals surface area contributed by atoms with Crippen LogP contribution in [0.4, 0.5) is 5.95 Å². The third kappa shape index (κ3) is 4.50. The van der Waals surface area contributed by atoms with E-state index in [0.29, 0.717) is 18.4 Å². The fourth-order valence-corrected chi connectivity index (χ4v) is 3.92. The molecule has 0 saturated heterocycles. The van der Waals surface area contributed by atoms with E-state index < -0.39 is 0 Å². The molecule has 1 aliphatic carbocycles. The summed E-state index contributed by atoms with van der Waals surface area (Å²) in [5.41, 5.74) is 5.22. The summed E-state index contributed by atoms with van der Waals surface area (Å²) in [5.74, 6) is 1.92. The Balaban J connectivity index is 1.45. The lowest BCUT2D eigenvalue weighted by atomic mass is 9.84. The summed E-state index contributed by atoms with van der Waals surface area (Å²) in [4.78, 5) is 13.5. The molecule has 0 radical (unpaired) electrons. The lowest BCUT2D eigenvalue weighted by Gasteiger charge is -2.22. The highest BCUT2D eigenvalue weighted by atomic mass is 15.2. The molecule has 0 amide bonds. The normalized spacial score (nSPS) is 14.8. The van der Waals surface area contributed by atoms with Crippen LogP contribution in [0, 0.1) is 13.8 Å². The average Bonchev–Trinajstić information content (AvgIpc) is 2.73. The van der Waals surface area contributed by atoms with Crippen LogP contribution in [0.3, 0.4) is 0 Å². The van der Waals surface area contributed by atoms with E-state index in [2.05, 4.69) is 54.7 Å². The second kappa shape index (κ2) is 8.42. The summed E-state index contributed by atoms with van der Waals surface area (Å²) < 4.78 is 0. The first kappa shape index (κ1) is 18.5. The van der Waals surface area contributed by atoms with Crippen molar-refractivity contribution in [1.29, 1.82) is 0 Å². The third-order valence-corrected chi connectivity index (χ3v) is 5.28. The highest BCUT2D eigenvalue weighted by molar-refractivity contribution is 5.59. The molecule has 144 valence electrons. The summed E-state index contributed by atoms with van der Waals surface area (Å²) in [7, 11) is 0. The number of anilines is 1. The predicted octanol–water partition coefficient (Wildman–Crippen LogP) is 4.61. The number of benzene rings is 1. The Bertz CT molecular complexity index is 912. The molecule has 6 heteroatoms. The van der Waals surface area contributed by atoms with Crippen LogP contribution in [0.25, 0.3) is 11.3 Å². The van der Waals surface area contributed by atoms with Crippen molar-refractivity contribution in [1.82, 2.24) is 25.1 Å². The van der Waals surface area contributed by atoms with Gasteiger partial charge in [0, 0.05) is 17.0 Å². The molecule has 1 N–H and O–H groups in total. The maximum atomic E-state index is 4.60. The van der Waals surface area contributed by atoms with Crippen LogP contribution in [-0.4, -0.2) is 25.1 Å². The van der Waals surface area contributed by atoms with E-state index in [1.165, 1.54) is 37.7 Å². The number of rotatable bonds is 5. The molecule has 1 saturated carbocycles. The molecule has 1 fully saturated rings. The standard InChI is InChI=1S/C22H26N6/c1-15-12-16(2)26-21(25-15)14-23-22-27-20(13-24-28-22)19-10-8-18(9-11-19)17-6-4-3-5-7-17/h8-13,17H,3-7,14H2,1-2H3,(H,23,27,28). The zero-order valence-corrected chi connectivity index (χ0v) is 16.5. The largest absolute Gasteiger partial charge is 0.346 e. The average molecular weight is 374 g/mol. The molecule has 4 rings (SSSR count). The van der Waals surface area contributed by atoms with Gasteiger partial charge in [-0.15, -0.1) is 5.10 Å². The van der Waals surface area contributed by atoms with Gasteiger partial charge in [-0.25, -0.2) is 15.0 Å². The quantitative estimate of drug-likeness (QED) is 0.703. The molecule has 1 aliphatic rings. The SMILES string of the molecule is Cc1cc(C)nc(CNc2nncc(-c3ccc(C4CCCCC4)cc3)n2)n1. The Kier molecular flexibility index (Phi) is 5.55. The van der Waals surface area contributed by atoms with Gasteiger partial charge in [-0.3, -0.25) is 0 Å². The van der Waals surface area contributed by atoms with E-state index in [1.54, 1.807) is 6.20 Å². The summed E-state index contributed by atoms with van der Waals surface area (Å²) in [6.45, 7) is 4.40. The molecule has 0 aliphatic heterocycles. The van der Waals surface area contributed by atoms with Crippen LogP contribution in [0.1, 0.15) is 60.8 Å². The Labute approximate surface area is 165 Å². The van der Waals surface area contributed by atoms with E-state index in [4.69, 9.17) is 0 Å². The van der Waals surface area contributed by atoms with Crippen LogP contribution in [-0.2, 0) is 6.54 Å². The number of hydrogen-bond donors (Lipinski definition) is 1. The topological polar surface area (TPSA) is 76.5 Å². The van der Waals surface area contributed by atoms with Crippen molar-refractivity contribution in [2.45, 2.75) is 58.4 Å². The van der Waals surface area contributed by atoms with Gasteiger partial charge in [-0.2, -0.15) is 5.10 Å². The smallest absolute Gasteiger partial charge is 0.243 e. The van der Waals surface area contributed by atoms with Crippen molar-refractivity contribution in [3.63, 3.8) is 0 Å². The molecule has 0 spiro atoms. The van der Waals surface area contributed by atoms with Gasteiger partial charge >= 0.3 is 0 Å². The maximum absolute atomic E-state index is 4.60. The molecule has 3 aromatic rings. The molecule has 0 bridgehead atoms. The minimum Gasteiger partial charge on any atom is -0.346 e. The van der Waals surface area contributed by atoms with Crippen LogP contribution in [0.5, 0.6) is 0 Å². The lowest BCUT2D eigenvalue weighted by molar-refractivity contribution is 0.443. The van der Waals surface area contributed by atoms with E-state index in [9.17, 15) is 0 Å². The minimum absolute atomic E-state index is 0.467. The van der Waals surface area contributed by atoms with Gasteiger partial charge in [-0.1, -0.05) is 43.5 Å². The summed E-state index contributed by atoms with van der Waals surface area (Å²) in [6.07, 6.45) is 8.40. The summed E-state index contributed by atoms with van der Waals surface area (Å²) in [6, 6.07) is 10.7. The van der Waals surface area contributed by atoms with Crippen molar-refractivity contribution >= 4 is 5.95 Å². The van der Waals surface area contributed by atoms with Crippen LogP contribution in [0.2, 0.25) is 0 Å². The maximum Gasteiger partial charge on any atom is 0.243 e. The fourth-order valence-electron chi connectivity index (χ4n) is 3.92. The summed E-state index contributed by atoms with van der Waals surface area (Å²) >= 11 is 0. The molecule has 0 atom stereocenters. The zero-order valence-electron chi connectivity index (χ0n) is 16.5. The van der Waals surface area contributed by atoms with Gasteiger partial charge < -0.3 is 5.32 Å². The highest BCUT2D eigenvalue weighted by Gasteiger charge is 2.15. The zero-order chi connectivity index (χ0) is 19.3. The van der Waals surface area contributed by atoms with E-state index >= 15 is 0 Å². The number of nitrogens with one attached hydrogen (secondary N) is 1. The van der Waals surface area contributed by atoms with Gasteiger partial charge in [0.15, 0.2) is 0 Å². The van der Waals surface area contributed by atoms with Crippen molar-refractivity contribution in [2.24, 2.45) is 0 Å². The van der Waals surface area contributed by atoms with Crippen LogP contribution >= 0.6 is 0 Å². The molecule has 6 nitrogen and oxygen atoms in total. The molecule has 2 aromatic heterocycles. The Morgan fingerprint density at radius 3 is 2.36 bits per heavy atom.